The van der Waals surface area contributed by atoms with Crippen molar-refractivity contribution in [2.45, 2.75) is 33.1 Å². The maximum absolute atomic E-state index is 11.0. The van der Waals surface area contributed by atoms with E-state index in [1.165, 1.54) is 0 Å². The van der Waals surface area contributed by atoms with Crippen molar-refractivity contribution in [1.29, 1.82) is 0 Å². The molecule has 0 aromatic rings. The smallest absolute Gasteiger partial charge is 0.306 e. The van der Waals surface area contributed by atoms with Crippen LogP contribution in [0.4, 0.5) is 0 Å². The largest absolute Gasteiger partial charge is 0.466 e. The first-order valence-corrected chi connectivity index (χ1v) is 4.51. The van der Waals surface area contributed by atoms with E-state index >= 15 is 0 Å². The highest BCUT2D eigenvalue weighted by Gasteiger charge is 2.12. The number of aliphatic hydroxyl groups excluding tert-OH is 1. The standard InChI is InChI=1S/C9H18O3/c1-3-5-8(7-10)6-9(11)12-4-2/h8,10H,3-7H2,1-2H3/t8-/m1/s1. The van der Waals surface area contributed by atoms with Crippen LogP contribution in [0.2, 0.25) is 0 Å². The van der Waals surface area contributed by atoms with Gasteiger partial charge in [-0.3, -0.25) is 4.79 Å². The second-order valence-corrected chi connectivity index (χ2v) is 2.85. The summed E-state index contributed by atoms with van der Waals surface area (Å²) in [5.74, 6) is -0.126. The maximum Gasteiger partial charge on any atom is 0.306 e. The Balaban J connectivity index is 3.61. The third-order valence-electron chi connectivity index (χ3n) is 1.72. The number of ether oxygens (including phenoxy) is 1. The molecule has 0 aromatic carbocycles. The lowest BCUT2D eigenvalue weighted by molar-refractivity contribution is -0.144. The van der Waals surface area contributed by atoms with Crippen LogP contribution in [0.25, 0.3) is 0 Å². The summed E-state index contributed by atoms with van der Waals surface area (Å²) in [5, 5.41) is 8.87. The third kappa shape index (κ3) is 5.13. The Morgan fingerprint density at radius 3 is 2.58 bits per heavy atom. The van der Waals surface area contributed by atoms with Crippen molar-refractivity contribution < 1.29 is 14.6 Å². The lowest BCUT2D eigenvalue weighted by Gasteiger charge is -2.11. The van der Waals surface area contributed by atoms with Gasteiger partial charge in [0, 0.05) is 6.61 Å². The van der Waals surface area contributed by atoms with E-state index < -0.39 is 0 Å². The fraction of sp³-hybridized carbons (Fsp3) is 0.889. The Labute approximate surface area is 73.7 Å². The Bertz CT molecular complexity index is 123. The molecule has 3 nitrogen and oxygen atoms in total. The predicted octanol–water partition coefficient (Wildman–Crippen LogP) is 1.35. The average Bonchev–Trinajstić information content (AvgIpc) is 2.04. The van der Waals surface area contributed by atoms with Crippen LogP contribution in [0.3, 0.4) is 0 Å². The number of carbonyl (C=O) groups is 1. The Morgan fingerprint density at radius 1 is 1.50 bits per heavy atom. The summed E-state index contributed by atoms with van der Waals surface area (Å²) < 4.78 is 4.77. The van der Waals surface area contributed by atoms with E-state index in [4.69, 9.17) is 9.84 Å². The molecule has 0 rings (SSSR count). The zero-order valence-corrected chi connectivity index (χ0v) is 7.88. The van der Waals surface area contributed by atoms with E-state index in [-0.39, 0.29) is 18.5 Å². The fourth-order valence-corrected chi connectivity index (χ4v) is 1.12. The second-order valence-electron chi connectivity index (χ2n) is 2.85. The Hall–Kier alpha value is -0.570. The summed E-state index contributed by atoms with van der Waals surface area (Å²) in [6.07, 6.45) is 2.22. The summed E-state index contributed by atoms with van der Waals surface area (Å²) in [6.45, 7) is 4.31. The van der Waals surface area contributed by atoms with Gasteiger partial charge in [0.05, 0.1) is 13.0 Å². The predicted molar refractivity (Wildman–Crippen MR) is 46.7 cm³/mol. The van der Waals surface area contributed by atoms with Crippen LogP contribution in [0.1, 0.15) is 33.1 Å². The highest BCUT2D eigenvalue weighted by atomic mass is 16.5. The van der Waals surface area contributed by atoms with E-state index in [1.807, 2.05) is 6.92 Å². The molecule has 0 fully saturated rings. The number of carbonyl (C=O) groups excluding carboxylic acids is 1. The average molecular weight is 174 g/mol. The van der Waals surface area contributed by atoms with Gasteiger partial charge in [0.1, 0.15) is 0 Å². The molecule has 72 valence electrons. The first kappa shape index (κ1) is 11.4. The van der Waals surface area contributed by atoms with Crippen LogP contribution in [-0.4, -0.2) is 24.3 Å². The first-order chi connectivity index (χ1) is 5.74. The summed E-state index contributed by atoms with van der Waals surface area (Å²) in [4.78, 5) is 11.0. The summed E-state index contributed by atoms with van der Waals surface area (Å²) in [6, 6.07) is 0. The van der Waals surface area contributed by atoms with Crippen LogP contribution in [-0.2, 0) is 9.53 Å². The minimum absolute atomic E-state index is 0.0760. The van der Waals surface area contributed by atoms with Crippen molar-refractivity contribution in [3.63, 3.8) is 0 Å². The molecule has 0 aromatic heterocycles. The van der Waals surface area contributed by atoms with Gasteiger partial charge in [0.15, 0.2) is 0 Å². The molecule has 0 amide bonds. The van der Waals surface area contributed by atoms with Crippen LogP contribution in [0.15, 0.2) is 0 Å². The van der Waals surface area contributed by atoms with E-state index in [1.54, 1.807) is 6.92 Å². The van der Waals surface area contributed by atoms with Crippen LogP contribution < -0.4 is 0 Å². The minimum atomic E-state index is -0.204. The van der Waals surface area contributed by atoms with Gasteiger partial charge in [-0.05, 0) is 19.3 Å². The molecular weight excluding hydrogens is 156 g/mol. The van der Waals surface area contributed by atoms with E-state index in [9.17, 15) is 4.79 Å². The number of rotatable bonds is 6. The van der Waals surface area contributed by atoms with Crippen molar-refractivity contribution in [2.75, 3.05) is 13.2 Å². The van der Waals surface area contributed by atoms with Gasteiger partial charge in [-0.1, -0.05) is 13.3 Å². The molecule has 3 heteroatoms. The topological polar surface area (TPSA) is 46.5 Å². The van der Waals surface area contributed by atoms with Gasteiger partial charge in [-0.25, -0.2) is 0 Å². The SMILES string of the molecule is CCC[C@@H](CO)CC(=O)OCC. The molecule has 12 heavy (non-hydrogen) atoms. The summed E-state index contributed by atoms with van der Waals surface area (Å²) in [5.41, 5.74) is 0. The normalized spacial score (nSPS) is 12.6. The third-order valence-corrected chi connectivity index (χ3v) is 1.72. The number of aliphatic hydroxyl groups is 1. The van der Waals surface area contributed by atoms with Gasteiger partial charge < -0.3 is 9.84 Å². The highest BCUT2D eigenvalue weighted by molar-refractivity contribution is 5.69. The molecular formula is C9H18O3. The molecule has 0 saturated carbocycles. The molecule has 0 unspecified atom stereocenters. The van der Waals surface area contributed by atoms with Crippen LogP contribution in [0, 0.1) is 5.92 Å². The minimum Gasteiger partial charge on any atom is -0.466 e. The van der Waals surface area contributed by atoms with Gasteiger partial charge in [-0.15, -0.1) is 0 Å². The van der Waals surface area contributed by atoms with Gasteiger partial charge in [0.2, 0.25) is 0 Å². The molecule has 0 bridgehead atoms. The zero-order valence-electron chi connectivity index (χ0n) is 7.88. The van der Waals surface area contributed by atoms with E-state index in [0.29, 0.717) is 13.0 Å². The summed E-state index contributed by atoms with van der Waals surface area (Å²) in [7, 11) is 0. The molecule has 0 radical (unpaired) electrons. The fourth-order valence-electron chi connectivity index (χ4n) is 1.12. The van der Waals surface area contributed by atoms with Crippen molar-refractivity contribution in [3.05, 3.63) is 0 Å². The molecule has 0 aliphatic carbocycles. The van der Waals surface area contributed by atoms with Crippen molar-refractivity contribution >= 4 is 5.97 Å². The number of hydrogen-bond acceptors (Lipinski definition) is 3. The van der Waals surface area contributed by atoms with Gasteiger partial charge >= 0.3 is 5.97 Å². The maximum atomic E-state index is 11.0. The van der Waals surface area contributed by atoms with Gasteiger partial charge in [0.25, 0.3) is 0 Å². The molecule has 0 aliphatic heterocycles. The molecule has 0 saturated heterocycles. The molecule has 0 spiro atoms. The Morgan fingerprint density at radius 2 is 2.17 bits per heavy atom. The highest BCUT2D eigenvalue weighted by Crippen LogP contribution is 2.10. The van der Waals surface area contributed by atoms with Crippen molar-refractivity contribution in [2.24, 2.45) is 5.92 Å². The molecule has 0 aliphatic rings. The van der Waals surface area contributed by atoms with E-state index in [0.717, 1.165) is 12.8 Å². The van der Waals surface area contributed by atoms with Crippen molar-refractivity contribution in [3.8, 4) is 0 Å². The second kappa shape index (κ2) is 7.10. The number of esters is 1. The van der Waals surface area contributed by atoms with Crippen LogP contribution in [0.5, 0.6) is 0 Å². The lowest BCUT2D eigenvalue weighted by Crippen LogP contribution is -2.14. The monoisotopic (exact) mass is 174 g/mol. The van der Waals surface area contributed by atoms with Crippen molar-refractivity contribution in [1.82, 2.24) is 0 Å². The number of hydrogen-bond donors (Lipinski definition) is 1. The summed E-state index contributed by atoms with van der Waals surface area (Å²) >= 11 is 0. The van der Waals surface area contributed by atoms with E-state index in [2.05, 4.69) is 0 Å². The zero-order chi connectivity index (χ0) is 9.40. The molecule has 0 heterocycles. The lowest BCUT2D eigenvalue weighted by atomic mass is 10.0. The van der Waals surface area contributed by atoms with Crippen LogP contribution >= 0.6 is 0 Å². The molecule has 1 N–H and O–H groups in total. The van der Waals surface area contributed by atoms with Gasteiger partial charge in [-0.2, -0.15) is 0 Å². The quantitative estimate of drug-likeness (QED) is 0.618. The Kier molecular flexibility index (Phi) is 6.76. The first-order valence-electron chi connectivity index (χ1n) is 4.51. The molecule has 1 atom stereocenters.